The van der Waals surface area contributed by atoms with Gasteiger partial charge in [-0.25, -0.2) is 0 Å². The van der Waals surface area contributed by atoms with Crippen molar-refractivity contribution >= 4 is 45.0 Å². The molecule has 194 valence electrons. The van der Waals surface area contributed by atoms with Gasteiger partial charge in [0.1, 0.15) is 0 Å². The molecule has 4 rings (SSSR count). The van der Waals surface area contributed by atoms with Crippen LogP contribution in [0.25, 0.3) is 6.08 Å². The minimum atomic E-state index is -0.217. The number of nitrogens with one attached hydrogen (secondary N) is 2. The van der Waals surface area contributed by atoms with E-state index < -0.39 is 0 Å². The maximum absolute atomic E-state index is 13.3. The molecule has 1 unspecified atom stereocenters. The van der Waals surface area contributed by atoms with Crippen molar-refractivity contribution < 1.29 is 9.53 Å². The zero-order valence-electron chi connectivity index (χ0n) is 21.0. The molecule has 0 aliphatic carbocycles. The van der Waals surface area contributed by atoms with E-state index in [0.29, 0.717) is 6.54 Å². The Hall–Kier alpha value is -3.13. The van der Waals surface area contributed by atoms with Crippen molar-refractivity contribution in [3.63, 3.8) is 0 Å². The van der Waals surface area contributed by atoms with E-state index in [9.17, 15) is 4.79 Å². The number of nitrogens with two attached hydrogens (primary N) is 1. The summed E-state index contributed by atoms with van der Waals surface area (Å²) in [5.41, 5.74) is 10.6. The van der Waals surface area contributed by atoms with Crippen LogP contribution in [0.5, 0.6) is 0 Å². The van der Waals surface area contributed by atoms with E-state index in [1.54, 1.807) is 0 Å². The predicted molar refractivity (Wildman–Crippen MR) is 157 cm³/mol. The zero-order chi connectivity index (χ0) is 25.9. The first kappa shape index (κ1) is 26.9. The first-order valence-electron chi connectivity index (χ1n) is 12.8. The first-order valence-corrected chi connectivity index (χ1v) is 13.6. The second-order valence-corrected chi connectivity index (χ2v) is 10.1. The van der Waals surface area contributed by atoms with E-state index in [-0.39, 0.29) is 11.8 Å². The summed E-state index contributed by atoms with van der Waals surface area (Å²) in [5, 5.41) is 6.43. The van der Waals surface area contributed by atoms with Crippen LogP contribution in [0.2, 0.25) is 0 Å². The fraction of sp³-hybridized carbons (Fsp3) is 0.300. The Morgan fingerprint density at radius 2 is 1.76 bits per heavy atom. The van der Waals surface area contributed by atoms with Crippen molar-refractivity contribution in [2.45, 2.75) is 18.8 Å². The minimum absolute atomic E-state index is 0.0252. The average molecular weight is 564 g/mol. The van der Waals surface area contributed by atoms with E-state index in [1.807, 2.05) is 48.5 Å². The van der Waals surface area contributed by atoms with Gasteiger partial charge in [-0.1, -0.05) is 64.5 Å². The Balaban J connectivity index is 1.38. The van der Waals surface area contributed by atoms with Gasteiger partial charge in [0.2, 0.25) is 5.91 Å². The molecule has 3 aromatic rings. The number of rotatable bonds is 11. The van der Waals surface area contributed by atoms with Gasteiger partial charge in [-0.05, 0) is 66.9 Å². The zero-order valence-corrected chi connectivity index (χ0v) is 22.6. The Morgan fingerprint density at radius 1 is 1.03 bits per heavy atom. The molecule has 0 spiro atoms. The van der Waals surface area contributed by atoms with Crippen molar-refractivity contribution in [3.8, 4) is 0 Å². The number of carbonyl (C=O) groups is 1. The van der Waals surface area contributed by atoms with Crippen LogP contribution in [0.1, 0.15) is 29.9 Å². The van der Waals surface area contributed by atoms with Crippen LogP contribution in [-0.4, -0.2) is 50.2 Å². The van der Waals surface area contributed by atoms with Crippen LogP contribution in [0.3, 0.4) is 0 Å². The molecule has 1 saturated heterocycles. The Bertz CT molecular complexity index is 1160. The normalized spacial score (nSPS) is 14.9. The lowest BCUT2D eigenvalue weighted by atomic mass is 9.92. The van der Waals surface area contributed by atoms with E-state index in [4.69, 9.17) is 10.5 Å². The molecule has 3 aromatic carbocycles. The molecule has 1 aliphatic heterocycles. The van der Waals surface area contributed by atoms with Gasteiger partial charge in [-0.3, -0.25) is 9.69 Å². The molecule has 7 heteroatoms. The molecule has 0 saturated carbocycles. The molecular formula is C30H35BrN4O2. The van der Waals surface area contributed by atoms with Crippen molar-refractivity contribution in [1.29, 1.82) is 0 Å². The number of hydrogen-bond acceptors (Lipinski definition) is 5. The highest BCUT2D eigenvalue weighted by molar-refractivity contribution is 9.10. The van der Waals surface area contributed by atoms with Gasteiger partial charge in [0.05, 0.1) is 30.5 Å². The van der Waals surface area contributed by atoms with Crippen molar-refractivity contribution in [2.24, 2.45) is 0 Å². The fourth-order valence-electron chi connectivity index (χ4n) is 4.42. The number of nitrogen functional groups attached to an aromatic ring is 1. The lowest BCUT2D eigenvalue weighted by molar-refractivity contribution is -0.117. The van der Waals surface area contributed by atoms with Crippen LogP contribution < -0.4 is 16.4 Å². The van der Waals surface area contributed by atoms with Gasteiger partial charge in [-0.2, -0.15) is 0 Å². The summed E-state index contributed by atoms with van der Waals surface area (Å²) in [6.07, 6.45) is 5.89. The maximum atomic E-state index is 13.3. The predicted octanol–water partition coefficient (Wildman–Crippen LogP) is 5.99. The average Bonchev–Trinajstić information content (AvgIpc) is 2.92. The second kappa shape index (κ2) is 14.0. The third-order valence-corrected chi connectivity index (χ3v) is 7.05. The Kier molecular flexibility index (Phi) is 10.2. The number of ether oxygens (including phenoxy) is 1. The van der Waals surface area contributed by atoms with Crippen molar-refractivity contribution in [1.82, 2.24) is 4.90 Å². The third-order valence-electron chi connectivity index (χ3n) is 6.52. The quantitative estimate of drug-likeness (QED) is 0.250. The molecule has 1 aliphatic rings. The number of carbonyl (C=O) groups excluding carboxylic acids is 1. The SMILES string of the molecule is Nc1ccccc1NCC=Cc1ccc(C(CCCN2CCOCC2)C(=O)Nc2ccc(Br)cc2)cc1. The number of morpholine rings is 1. The fourth-order valence-corrected chi connectivity index (χ4v) is 4.68. The number of benzene rings is 3. The number of hydrogen-bond donors (Lipinski definition) is 3. The van der Waals surface area contributed by atoms with Gasteiger partial charge >= 0.3 is 0 Å². The Labute approximate surface area is 228 Å². The number of halogens is 1. The smallest absolute Gasteiger partial charge is 0.231 e. The number of anilines is 3. The maximum Gasteiger partial charge on any atom is 0.231 e. The molecule has 0 aromatic heterocycles. The van der Waals surface area contributed by atoms with E-state index in [0.717, 1.165) is 78.4 Å². The number of amides is 1. The summed E-state index contributed by atoms with van der Waals surface area (Å²) in [6, 6.07) is 23.7. The summed E-state index contributed by atoms with van der Waals surface area (Å²) >= 11 is 3.45. The second-order valence-electron chi connectivity index (χ2n) is 9.18. The monoisotopic (exact) mass is 562 g/mol. The highest BCUT2D eigenvalue weighted by Gasteiger charge is 2.21. The molecule has 1 atom stereocenters. The molecular weight excluding hydrogens is 528 g/mol. The highest BCUT2D eigenvalue weighted by Crippen LogP contribution is 2.25. The number of nitrogens with zero attached hydrogens (tertiary/aromatic N) is 1. The van der Waals surface area contributed by atoms with Gasteiger partial charge in [0.15, 0.2) is 0 Å². The van der Waals surface area contributed by atoms with E-state index >= 15 is 0 Å². The molecule has 0 bridgehead atoms. The van der Waals surface area contributed by atoms with E-state index in [2.05, 4.69) is 67.9 Å². The van der Waals surface area contributed by atoms with Crippen LogP contribution >= 0.6 is 15.9 Å². The summed E-state index contributed by atoms with van der Waals surface area (Å²) in [6.45, 7) is 5.15. The molecule has 1 amide bonds. The molecule has 4 N–H and O–H groups in total. The Morgan fingerprint density at radius 3 is 2.49 bits per heavy atom. The summed E-state index contributed by atoms with van der Waals surface area (Å²) in [5.74, 6) is -0.192. The van der Waals surface area contributed by atoms with Crippen LogP contribution in [0.4, 0.5) is 17.1 Å². The molecule has 0 radical (unpaired) electrons. The number of para-hydroxylation sites is 2. The minimum Gasteiger partial charge on any atom is -0.397 e. The summed E-state index contributed by atoms with van der Waals surface area (Å²) in [7, 11) is 0. The standard InChI is InChI=1S/C30H35BrN4O2/c31-25-13-15-26(16-14-25)34-30(36)27(6-4-18-35-19-21-37-22-20-35)24-11-9-23(10-12-24)5-3-17-33-29-8-2-1-7-28(29)32/h1-3,5,7-16,27,33H,4,6,17-22,32H2,(H,34,36). The topological polar surface area (TPSA) is 79.6 Å². The van der Waals surface area contributed by atoms with E-state index in [1.165, 1.54) is 0 Å². The van der Waals surface area contributed by atoms with Crippen LogP contribution in [0, 0.1) is 0 Å². The van der Waals surface area contributed by atoms with Crippen LogP contribution in [0.15, 0.2) is 83.3 Å². The highest BCUT2D eigenvalue weighted by atomic mass is 79.9. The molecule has 6 nitrogen and oxygen atoms in total. The lowest BCUT2D eigenvalue weighted by Gasteiger charge is -2.27. The van der Waals surface area contributed by atoms with Crippen molar-refractivity contribution in [2.75, 3.05) is 55.8 Å². The van der Waals surface area contributed by atoms with Crippen LogP contribution in [-0.2, 0) is 9.53 Å². The van der Waals surface area contributed by atoms with Gasteiger partial charge in [0, 0.05) is 29.8 Å². The van der Waals surface area contributed by atoms with Crippen molar-refractivity contribution in [3.05, 3.63) is 94.5 Å². The largest absolute Gasteiger partial charge is 0.397 e. The summed E-state index contributed by atoms with van der Waals surface area (Å²) in [4.78, 5) is 15.8. The molecule has 1 heterocycles. The molecule has 37 heavy (non-hydrogen) atoms. The van der Waals surface area contributed by atoms with Gasteiger partial charge in [0.25, 0.3) is 0 Å². The molecule has 1 fully saturated rings. The summed E-state index contributed by atoms with van der Waals surface area (Å²) < 4.78 is 6.44. The lowest BCUT2D eigenvalue weighted by Crippen LogP contribution is -2.37. The van der Waals surface area contributed by atoms with Gasteiger partial charge in [-0.15, -0.1) is 0 Å². The van der Waals surface area contributed by atoms with Gasteiger partial charge < -0.3 is 21.1 Å². The first-order chi connectivity index (χ1) is 18.1. The third kappa shape index (κ3) is 8.45.